The van der Waals surface area contributed by atoms with Gasteiger partial charge in [-0.1, -0.05) is 4.67 Å². The minimum absolute atomic E-state index is 0.121. The molecule has 0 fully saturated rings. The SMILES string of the molecule is O=[N+]([O-])c1ccc(CO[P+](=O)N(CCCl)CCCl)o1. The van der Waals surface area contributed by atoms with Crippen LogP contribution in [-0.4, -0.2) is 34.4 Å². The maximum absolute atomic E-state index is 11.8. The van der Waals surface area contributed by atoms with E-state index in [-0.39, 0.29) is 18.3 Å². The van der Waals surface area contributed by atoms with Crippen molar-refractivity contribution in [3.8, 4) is 0 Å². The summed E-state index contributed by atoms with van der Waals surface area (Å²) in [4.78, 5) is 9.75. The molecule has 0 aliphatic heterocycles. The number of rotatable bonds is 9. The van der Waals surface area contributed by atoms with Crippen LogP contribution < -0.4 is 0 Å². The molecular weight excluding hydrogens is 318 g/mol. The zero-order valence-electron chi connectivity index (χ0n) is 9.83. The Balaban J connectivity index is 2.49. The summed E-state index contributed by atoms with van der Waals surface area (Å²) in [6.45, 7) is 0.633. The predicted octanol–water partition coefficient (Wildman–Crippen LogP) is 3.14. The molecule has 106 valence electrons. The molecule has 1 atom stereocenters. The first-order chi connectivity index (χ1) is 9.08. The molecule has 0 saturated carbocycles. The van der Waals surface area contributed by atoms with Crippen molar-refractivity contribution >= 4 is 37.3 Å². The topological polar surface area (TPSA) is 85.8 Å². The van der Waals surface area contributed by atoms with Gasteiger partial charge in [0.25, 0.3) is 0 Å². The van der Waals surface area contributed by atoms with Gasteiger partial charge in [0.1, 0.15) is 10.7 Å². The van der Waals surface area contributed by atoms with Crippen LogP contribution in [0.25, 0.3) is 0 Å². The van der Waals surface area contributed by atoms with Crippen molar-refractivity contribution < 1.29 is 18.4 Å². The van der Waals surface area contributed by atoms with Crippen LogP contribution in [0.15, 0.2) is 16.5 Å². The van der Waals surface area contributed by atoms with E-state index in [2.05, 4.69) is 0 Å². The fraction of sp³-hybridized carbons (Fsp3) is 0.556. The Bertz CT molecular complexity index is 436. The summed E-state index contributed by atoms with van der Waals surface area (Å²) in [6, 6.07) is 2.61. The maximum Gasteiger partial charge on any atom is 0.616 e. The Hall–Kier alpha value is -0.720. The first-order valence-electron chi connectivity index (χ1n) is 5.28. The summed E-state index contributed by atoms with van der Waals surface area (Å²) in [6.07, 6.45) is 0. The van der Waals surface area contributed by atoms with Gasteiger partial charge in [-0.3, -0.25) is 10.1 Å². The van der Waals surface area contributed by atoms with Gasteiger partial charge in [0.2, 0.25) is 0 Å². The summed E-state index contributed by atoms with van der Waals surface area (Å²) in [5.41, 5.74) is 0. The minimum atomic E-state index is -2.10. The molecule has 10 heteroatoms. The highest BCUT2D eigenvalue weighted by molar-refractivity contribution is 7.36. The van der Waals surface area contributed by atoms with E-state index < -0.39 is 13.1 Å². The molecule has 0 aliphatic rings. The Morgan fingerprint density at radius 3 is 2.47 bits per heavy atom. The van der Waals surface area contributed by atoms with Gasteiger partial charge in [-0.25, -0.2) is 0 Å². The second-order valence-corrected chi connectivity index (χ2v) is 5.40. The molecule has 1 unspecified atom stereocenters. The lowest BCUT2D eigenvalue weighted by Gasteiger charge is -2.05. The van der Waals surface area contributed by atoms with Crippen molar-refractivity contribution in [2.75, 3.05) is 24.8 Å². The lowest BCUT2D eigenvalue weighted by atomic mass is 10.5. The smallest absolute Gasteiger partial charge is 0.403 e. The molecule has 1 aromatic rings. The first kappa shape index (κ1) is 16.3. The van der Waals surface area contributed by atoms with Crippen LogP contribution >= 0.6 is 31.4 Å². The normalized spacial score (nSPS) is 11.8. The highest BCUT2D eigenvalue weighted by Gasteiger charge is 2.30. The standard InChI is InChI=1S/C9H12Cl2N2O5P/c10-3-5-12(6-4-11)19(16)17-7-8-1-2-9(18-8)13(14)15/h1-2H,3-7H2/q+1. The zero-order chi connectivity index (χ0) is 14.3. The van der Waals surface area contributed by atoms with Gasteiger partial charge in [0.05, 0.1) is 19.2 Å². The molecule has 1 rings (SSSR count). The average molecular weight is 330 g/mol. The van der Waals surface area contributed by atoms with E-state index in [0.29, 0.717) is 24.8 Å². The highest BCUT2D eigenvalue weighted by atomic mass is 35.5. The van der Waals surface area contributed by atoms with Crippen molar-refractivity contribution in [2.24, 2.45) is 0 Å². The van der Waals surface area contributed by atoms with E-state index in [1.807, 2.05) is 0 Å². The van der Waals surface area contributed by atoms with Gasteiger partial charge in [-0.15, -0.1) is 27.7 Å². The Morgan fingerprint density at radius 2 is 2.00 bits per heavy atom. The van der Waals surface area contributed by atoms with Gasteiger partial charge in [0, 0.05) is 11.8 Å². The third-order valence-electron chi connectivity index (χ3n) is 2.06. The first-order valence-corrected chi connectivity index (χ1v) is 7.48. The van der Waals surface area contributed by atoms with Gasteiger partial charge in [-0.2, -0.15) is 0 Å². The second-order valence-electron chi connectivity index (χ2n) is 3.34. The van der Waals surface area contributed by atoms with Crippen LogP contribution in [0, 0.1) is 10.1 Å². The maximum atomic E-state index is 11.8. The van der Waals surface area contributed by atoms with Gasteiger partial charge < -0.3 is 4.42 Å². The minimum Gasteiger partial charge on any atom is -0.403 e. The molecule has 0 aliphatic carbocycles. The zero-order valence-corrected chi connectivity index (χ0v) is 12.2. The number of hydrogen-bond donors (Lipinski definition) is 0. The predicted molar refractivity (Wildman–Crippen MR) is 70.8 cm³/mol. The number of hydrogen-bond acceptors (Lipinski definition) is 5. The molecule has 0 spiro atoms. The number of furan rings is 1. The molecule has 0 saturated heterocycles. The van der Waals surface area contributed by atoms with Gasteiger partial charge in [-0.05, 0) is 10.6 Å². The van der Waals surface area contributed by atoms with E-state index in [4.69, 9.17) is 32.1 Å². The van der Waals surface area contributed by atoms with Crippen molar-refractivity contribution in [3.05, 3.63) is 28.0 Å². The lowest BCUT2D eigenvalue weighted by molar-refractivity contribution is -0.402. The number of nitrogens with zero attached hydrogens (tertiary/aromatic N) is 2. The summed E-state index contributed by atoms with van der Waals surface area (Å²) < 4.78 is 23.3. The van der Waals surface area contributed by atoms with E-state index in [1.165, 1.54) is 16.8 Å². The third kappa shape index (κ3) is 5.42. The fourth-order valence-corrected chi connectivity index (χ4v) is 2.78. The Kier molecular flexibility index (Phi) is 7.27. The van der Waals surface area contributed by atoms with Crippen molar-refractivity contribution in [2.45, 2.75) is 6.61 Å². The molecule has 19 heavy (non-hydrogen) atoms. The monoisotopic (exact) mass is 329 g/mol. The number of alkyl halides is 2. The summed E-state index contributed by atoms with van der Waals surface area (Å²) in [5.74, 6) is 0.445. The van der Waals surface area contributed by atoms with Crippen molar-refractivity contribution in [3.63, 3.8) is 0 Å². The van der Waals surface area contributed by atoms with Crippen LogP contribution in [0.5, 0.6) is 0 Å². The van der Waals surface area contributed by atoms with Gasteiger partial charge >= 0.3 is 14.1 Å². The average Bonchev–Trinajstić information content (AvgIpc) is 2.84. The van der Waals surface area contributed by atoms with Crippen LogP contribution in [0.3, 0.4) is 0 Å². The summed E-state index contributed by atoms with van der Waals surface area (Å²) in [5, 5.41) is 10.4. The second kappa shape index (κ2) is 8.45. The molecular formula is C9H12Cl2N2O5P+. The number of nitro groups is 1. The number of halogens is 2. The van der Waals surface area contributed by atoms with E-state index in [0.717, 1.165) is 0 Å². The third-order valence-corrected chi connectivity index (χ3v) is 3.61. The molecule has 0 bridgehead atoms. The fourth-order valence-electron chi connectivity index (χ4n) is 1.21. The molecule has 1 heterocycles. The molecule has 1 aromatic heterocycles. The van der Waals surface area contributed by atoms with Crippen LogP contribution in [0.4, 0.5) is 5.88 Å². The molecule has 0 N–H and O–H groups in total. The molecule has 0 radical (unpaired) electrons. The summed E-state index contributed by atoms with van der Waals surface area (Å²) >= 11 is 11.1. The molecule has 0 amide bonds. The van der Waals surface area contributed by atoms with E-state index in [1.54, 1.807) is 0 Å². The van der Waals surface area contributed by atoms with Crippen molar-refractivity contribution in [1.29, 1.82) is 0 Å². The summed E-state index contributed by atoms with van der Waals surface area (Å²) in [7, 11) is -2.10. The highest BCUT2D eigenvalue weighted by Crippen LogP contribution is 2.30. The van der Waals surface area contributed by atoms with Gasteiger partial charge in [0.15, 0.2) is 6.61 Å². The van der Waals surface area contributed by atoms with Crippen LogP contribution in [0.2, 0.25) is 0 Å². The van der Waals surface area contributed by atoms with Crippen LogP contribution in [-0.2, 0) is 15.7 Å². The van der Waals surface area contributed by atoms with E-state index >= 15 is 0 Å². The van der Waals surface area contributed by atoms with Crippen LogP contribution in [0.1, 0.15) is 5.76 Å². The largest absolute Gasteiger partial charge is 0.616 e. The Morgan fingerprint density at radius 1 is 1.37 bits per heavy atom. The lowest BCUT2D eigenvalue weighted by Crippen LogP contribution is -2.21. The molecule has 0 aromatic carbocycles. The molecule has 7 nitrogen and oxygen atoms in total. The van der Waals surface area contributed by atoms with E-state index in [9.17, 15) is 14.7 Å². The quantitative estimate of drug-likeness (QED) is 0.299. The Labute approximate surface area is 120 Å². The van der Waals surface area contributed by atoms with Crippen molar-refractivity contribution in [1.82, 2.24) is 4.67 Å².